The van der Waals surface area contributed by atoms with Gasteiger partial charge in [0.2, 0.25) is 5.91 Å². The topological polar surface area (TPSA) is 62.6 Å². The molecular formula is C22H19IN2O3S. The van der Waals surface area contributed by atoms with Crippen LogP contribution in [0.25, 0.3) is 0 Å². The van der Waals surface area contributed by atoms with Crippen LogP contribution in [-0.2, 0) is 11.3 Å². The quantitative estimate of drug-likeness (QED) is 0.471. The van der Waals surface area contributed by atoms with Crippen molar-refractivity contribution in [2.45, 2.75) is 18.8 Å². The molecule has 7 heteroatoms. The fraction of sp³-hybridized carbons (Fsp3) is 0.182. The smallest absolute Gasteiger partial charge is 0.255 e. The Morgan fingerprint density at radius 1 is 1.24 bits per heavy atom. The molecular weight excluding hydrogens is 499 g/mol. The lowest BCUT2D eigenvalue weighted by Crippen LogP contribution is -2.27. The van der Waals surface area contributed by atoms with Crippen LogP contribution in [0, 0.1) is 10.5 Å². The van der Waals surface area contributed by atoms with Gasteiger partial charge in [0.15, 0.2) is 0 Å². The summed E-state index contributed by atoms with van der Waals surface area (Å²) >= 11 is 3.84. The monoisotopic (exact) mass is 518 g/mol. The number of aryl methyl sites for hydroxylation is 1. The Morgan fingerprint density at radius 2 is 2.03 bits per heavy atom. The van der Waals surface area contributed by atoms with E-state index in [1.165, 1.54) is 0 Å². The number of anilines is 1. The van der Waals surface area contributed by atoms with Crippen molar-refractivity contribution in [1.29, 1.82) is 0 Å². The molecule has 0 radical (unpaired) electrons. The highest BCUT2D eigenvalue weighted by atomic mass is 127. The van der Waals surface area contributed by atoms with Gasteiger partial charge in [0, 0.05) is 14.8 Å². The lowest BCUT2D eigenvalue weighted by molar-refractivity contribution is -0.128. The maximum Gasteiger partial charge on any atom is 0.255 e. The van der Waals surface area contributed by atoms with Crippen LogP contribution in [0.4, 0.5) is 5.69 Å². The van der Waals surface area contributed by atoms with Crippen LogP contribution in [0.5, 0.6) is 0 Å². The molecule has 29 heavy (non-hydrogen) atoms. The van der Waals surface area contributed by atoms with Crippen LogP contribution in [0.3, 0.4) is 0 Å². The van der Waals surface area contributed by atoms with E-state index in [4.69, 9.17) is 4.42 Å². The minimum absolute atomic E-state index is 0.0804. The zero-order valence-corrected chi connectivity index (χ0v) is 18.7. The molecule has 2 heterocycles. The summed E-state index contributed by atoms with van der Waals surface area (Å²) in [6.07, 6.45) is 1.61. The van der Waals surface area contributed by atoms with Crippen molar-refractivity contribution in [2.24, 2.45) is 0 Å². The van der Waals surface area contributed by atoms with E-state index in [-0.39, 0.29) is 17.2 Å². The first kappa shape index (κ1) is 20.0. The Morgan fingerprint density at radius 3 is 2.72 bits per heavy atom. The van der Waals surface area contributed by atoms with E-state index in [0.29, 0.717) is 17.9 Å². The molecule has 1 aliphatic heterocycles. The van der Waals surface area contributed by atoms with Gasteiger partial charge in [-0.25, -0.2) is 0 Å². The van der Waals surface area contributed by atoms with E-state index in [9.17, 15) is 9.59 Å². The lowest BCUT2D eigenvalue weighted by atomic mass is 10.1. The number of amides is 2. The summed E-state index contributed by atoms with van der Waals surface area (Å²) in [4.78, 5) is 26.7. The van der Waals surface area contributed by atoms with E-state index in [1.807, 2.05) is 54.3 Å². The van der Waals surface area contributed by atoms with Gasteiger partial charge in [-0.3, -0.25) is 9.59 Å². The average Bonchev–Trinajstić information content (AvgIpc) is 3.35. The highest BCUT2D eigenvalue weighted by Crippen LogP contribution is 2.39. The predicted octanol–water partition coefficient (Wildman–Crippen LogP) is 5.22. The number of hydrogen-bond donors (Lipinski definition) is 1. The second kappa shape index (κ2) is 8.62. The molecule has 1 aliphatic rings. The number of halogens is 1. The largest absolute Gasteiger partial charge is 0.467 e. The number of benzene rings is 2. The zero-order chi connectivity index (χ0) is 20.4. The minimum Gasteiger partial charge on any atom is -0.467 e. The fourth-order valence-electron chi connectivity index (χ4n) is 3.23. The molecule has 1 fully saturated rings. The Labute approximate surface area is 187 Å². The van der Waals surface area contributed by atoms with Gasteiger partial charge in [0.05, 0.1) is 18.6 Å². The minimum atomic E-state index is -0.150. The van der Waals surface area contributed by atoms with Gasteiger partial charge < -0.3 is 14.6 Å². The van der Waals surface area contributed by atoms with Gasteiger partial charge in [-0.2, -0.15) is 0 Å². The van der Waals surface area contributed by atoms with Gasteiger partial charge in [-0.05, 0) is 83.1 Å². The summed E-state index contributed by atoms with van der Waals surface area (Å²) < 4.78 is 6.53. The molecule has 0 aliphatic carbocycles. The molecule has 0 bridgehead atoms. The van der Waals surface area contributed by atoms with Crippen molar-refractivity contribution in [3.05, 3.63) is 86.9 Å². The Balaban J connectivity index is 1.48. The number of nitrogens with zero attached hydrogens (tertiary/aromatic N) is 1. The number of hydrogen-bond acceptors (Lipinski definition) is 4. The SMILES string of the molecule is Cc1cc(I)ccc1NC(=O)c1ccc([C@H]2SCC(=O)N2Cc2ccco2)cc1. The molecule has 4 rings (SSSR count). The highest BCUT2D eigenvalue weighted by Gasteiger charge is 2.33. The molecule has 148 valence electrons. The van der Waals surface area contributed by atoms with Gasteiger partial charge in [0.1, 0.15) is 11.1 Å². The first-order valence-electron chi connectivity index (χ1n) is 9.12. The predicted molar refractivity (Wildman–Crippen MR) is 123 cm³/mol. The van der Waals surface area contributed by atoms with Crippen LogP contribution in [0.2, 0.25) is 0 Å². The second-order valence-electron chi connectivity index (χ2n) is 6.80. The maximum atomic E-state index is 12.6. The molecule has 1 aromatic heterocycles. The number of furan rings is 1. The number of carbonyl (C=O) groups is 2. The van der Waals surface area contributed by atoms with Gasteiger partial charge in [-0.15, -0.1) is 11.8 Å². The summed E-state index contributed by atoms with van der Waals surface area (Å²) in [5.41, 5.74) is 3.41. The molecule has 5 nitrogen and oxygen atoms in total. The number of carbonyl (C=O) groups excluding carboxylic acids is 2. The van der Waals surface area contributed by atoms with Crippen LogP contribution < -0.4 is 5.32 Å². The third-order valence-corrected chi connectivity index (χ3v) is 6.70. The van der Waals surface area contributed by atoms with Crippen LogP contribution >= 0.6 is 34.4 Å². The number of thioether (sulfide) groups is 1. The Kier molecular flexibility index (Phi) is 5.96. The summed E-state index contributed by atoms with van der Waals surface area (Å²) in [6, 6.07) is 17.0. The van der Waals surface area contributed by atoms with Gasteiger partial charge >= 0.3 is 0 Å². The fourth-order valence-corrected chi connectivity index (χ4v) is 5.07. The molecule has 1 atom stereocenters. The molecule has 2 aromatic carbocycles. The third-order valence-electron chi connectivity index (χ3n) is 4.77. The van der Waals surface area contributed by atoms with Gasteiger partial charge in [-0.1, -0.05) is 12.1 Å². The third kappa shape index (κ3) is 4.51. The molecule has 0 saturated carbocycles. The van der Waals surface area contributed by atoms with Crippen molar-refractivity contribution in [3.63, 3.8) is 0 Å². The summed E-state index contributed by atoms with van der Waals surface area (Å²) in [6.45, 7) is 2.42. The molecule has 2 amide bonds. The van der Waals surface area contributed by atoms with Crippen LogP contribution in [0.15, 0.2) is 65.3 Å². The first-order chi connectivity index (χ1) is 14.0. The highest BCUT2D eigenvalue weighted by molar-refractivity contribution is 14.1. The average molecular weight is 518 g/mol. The molecule has 0 unspecified atom stereocenters. The molecule has 1 saturated heterocycles. The summed E-state index contributed by atoms with van der Waals surface area (Å²) in [5.74, 6) is 1.14. The Bertz CT molecular complexity index is 1030. The van der Waals surface area contributed by atoms with E-state index in [0.717, 1.165) is 26.1 Å². The van der Waals surface area contributed by atoms with Gasteiger partial charge in [0.25, 0.3) is 5.91 Å². The van der Waals surface area contributed by atoms with Crippen molar-refractivity contribution < 1.29 is 14.0 Å². The molecule has 3 aromatic rings. The maximum absolute atomic E-state index is 12.6. The van der Waals surface area contributed by atoms with Crippen LogP contribution in [-0.4, -0.2) is 22.5 Å². The molecule has 0 spiro atoms. The van der Waals surface area contributed by atoms with Crippen molar-refractivity contribution in [1.82, 2.24) is 4.90 Å². The normalized spacial score (nSPS) is 16.3. The van der Waals surface area contributed by atoms with Crippen molar-refractivity contribution >= 4 is 51.9 Å². The Hall–Kier alpha value is -2.26. The summed E-state index contributed by atoms with van der Waals surface area (Å²) in [7, 11) is 0. The molecule has 1 N–H and O–H groups in total. The lowest BCUT2D eigenvalue weighted by Gasteiger charge is -2.23. The number of rotatable bonds is 5. The zero-order valence-electron chi connectivity index (χ0n) is 15.7. The van der Waals surface area contributed by atoms with E-state index in [1.54, 1.807) is 30.2 Å². The number of nitrogens with one attached hydrogen (secondary N) is 1. The van der Waals surface area contributed by atoms with E-state index >= 15 is 0 Å². The van der Waals surface area contributed by atoms with E-state index in [2.05, 4.69) is 27.9 Å². The van der Waals surface area contributed by atoms with Crippen molar-refractivity contribution in [2.75, 3.05) is 11.1 Å². The van der Waals surface area contributed by atoms with E-state index < -0.39 is 0 Å². The first-order valence-corrected chi connectivity index (χ1v) is 11.2. The second-order valence-corrected chi connectivity index (χ2v) is 9.11. The standard InChI is InChI=1S/C22H19IN2O3S/c1-14-11-17(23)8-9-19(14)24-21(27)15-4-6-16(7-5-15)22-25(20(26)13-29-22)12-18-3-2-10-28-18/h2-11,22H,12-13H2,1H3,(H,24,27)/t22-/m1/s1. The van der Waals surface area contributed by atoms with Crippen molar-refractivity contribution in [3.8, 4) is 0 Å². The van der Waals surface area contributed by atoms with Crippen LogP contribution in [0.1, 0.15) is 32.6 Å². The summed E-state index contributed by atoms with van der Waals surface area (Å²) in [5, 5.41) is 2.88.